The molecule has 11 heteroatoms. The zero-order valence-corrected chi connectivity index (χ0v) is 16.5. The summed E-state index contributed by atoms with van der Waals surface area (Å²) < 4.78 is 35.9. The summed E-state index contributed by atoms with van der Waals surface area (Å²) in [6.07, 6.45) is -2.53. The number of hydrogen-bond acceptors (Lipinski definition) is 11. The van der Waals surface area contributed by atoms with Crippen LogP contribution < -0.4 is 0 Å². The second-order valence-electron chi connectivity index (χ2n) is 6.34. The summed E-state index contributed by atoms with van der Waals surface area (Å²) in [4.78, 5) is 50.4. The van der Waals surface area contributed by atoms with E-state index in [-0.39, 0.29) is 0 Å². The molecule has 0 aromatic heterocycles. The Kier molecular flexibility index (Phi) is 6.63. The highest BCUT2D eigenvalue weighted by Crippen LogP contribution is 2.60. The van der Waals surface area contributed by atoms with E-state index < -0.39 is 65.5 Å². The van der Waals surface area contributed by atoms with Crippen LogP contribution in [0.15, 0.2) is 0 Å². The number of ether oxygens (including phenoxy) is 7. The highest BCUT2D eigenvalue weighted by atomic mass is 16.7. The molecule has 11 nitrogen and oxygen atoms in total. The first-order chi connectivity index (χ1) is 13.3. The van der Waals surface area contributed by atoms with Gasteiger partial charge in [-0.1, -0.05) is 0 Å². The van der Waals surface area contributed by atoms with Gasteiger partial charge in [-0.2, -0.15) is 0 Å². The van der Waals surface area contributed by atoms with Gasteiger partial charge in [0.1, 0.15) is 29.3 Å². The van der Waals surface area contributed by atoms with Crippen LogP contribution in [0, 0.1) is 23.7 Å². The van der Waals surface area contributed by atoms with Gasteiger partial charge in [0.15, 0.2) is 6.29 Å². The fraction of sp³-hybridized carbons (Fsp3) is 0.765. The number of hydrogen-bond donors (Lipinski definition) is 0. The molecule has 0 aromatic carbocycles. The second kappa shape index (κ2) is 8.41. The Balaban J connectivity index is 2.78. The van der Waals surface area contributed by atoms with Crippen LogP contribution in [0.2, 0.25) is 0 Å². The highest BCUT2D eigenvalue weighted by Gasteiger charge is 2.79. The predicted molar refractivity (Wildman–Crippen MR) is 87.4 cm³/mol. The van der Waals surface area contributed by atoms with E-state index in [4.69, 9.17) is 33.2 Å². The van der Waals surface area contributed by atoms with Crippen molar-refractivity contribution in [2.75, 3.05) is 42.7 Å². The molecule has 2 rings (SSSR count). The van der Waals surface area contributed by atoms with Crippen LogP contribution >= 0.6 is 0 Å². The molecule has 0 amide bonds. The molecule has 2 unspecified atom stereocenters. The molecule has 2 aliphatic heterocycles. The summed E-state index contributed by atoms with van der Waals surface area (Å²) in [5.74, 6) is -8.56. The smallest absolute Gasteiger partial charge is 0.312 e. The van der Waals surface area contributed by atoms with Crippen molar-refractivity contribution < 1.29 is 52.3 Å². The lowest BCUT2D eigenvalue weighted by Gasteiger charge is -2.43. The molecule has 0 aromatic rings. The lowest BCUT2D eigenvalue weighted by molar-refractivity contribution is -0.242. The number of rotatable bonds is 7. The van der Waals surface area contributed by atoms with Gasteiger partial charge in [0.2, 0.25) is 0 Å². The molecule has 2 bridgehead atoms. The summed E-state index contributed by atoms with van der Waals surface area (Å²) in [7, 11) is 7.03. The van der Waals surface area contributed by atoms with E-state index in [2.05, 4.69) is 0 Å². The minimum Gasteiger partial charge on any atom is -0.469 e. The topological polar surface area (TPSA) is 133 Å². The molecule has 0 aliphatic carbocycles. The van der Waals surface area contributed by atoms with Crippen molar-refractivity contribution in [2.24, 2.45) is 23.7 Å². The Morgan fingerprint density at radius 2 is 1.04 bits per heavy atom. The van der Waals surface area contributed by atoms with E-state index in [0.29, 0.717) is 0 Å². The van der Waals surface area contributed by atoms with Gasteiger partial charge in [0.25, 0.3) is 0 Å². The summed E-state index contributed by atoms with van der Waals surface area (Å²) in [6.45, 7) is 0. The fourth-order valence-electron chi connectivity index (χ4n) is 4.43. The molecule has 158 valence electrons. The third kappa shape index (κ3) is 2.93. The van der Waals surface area contributed by atoms with E-state index in [0.717, 1.165) is 28.4 Å². The van der Waals surface area contributed by atoms with E-state index >= 15 is 0 Å². The molecule has 0 spiro atoms. The SMILES string of the molecule is COC(=O)[C@@H]1[C@@H](C(=O)OC)C2OC1(C(OC)OC)[C@@H](C(=O)OC)[C@H]2C(=O)OC. The van der Waals surface area contributed by atoms with Gasteiger partial charge in [-0.15, -0.1) is 0 Å². The summed E-state index contributed by atoms with van der Waals surface area (Å²) in [5, 5.41) is 0. The third-order valence-electron chi connectivity index (χ3n) is 5.39. The van der Waals surface area contributed by atoms with Gasteiger partial charge >= 0.3 is 23.9 Å². The average molecular weight is 404 g/mol. The summed E-state index contributed by atoms with van der Waals surface area (Å²) in [5.41, 5.74) is -1.88. The number of carbonyl (C=O) groups is 4. The number of methoxy groups -OCH3 is 6. The van der Waals surface area contributed by atoms with Crippen LogP contribution in [0.4, 0.5) is 0 Å². The molecule has 2 aliphatic rings. The Morgan fingerprint density at radius 3 is 1.32 bits per heavy atom. The maximum absolute atomic E-state index is 12.7. The zero-order chi connectivity index (χ0) is 21.2. The molecule has 28 heavy (non-hydrogen) atoms. The average Bonchev–Trinajstić information content (AvgIpc) is 3.23. The quantitative estimate of drug-likeness (QED) is 0.291. The van der Waals surface area contributed by atoms with Crippen LogP contribution in [0.1, 0.15) is 0 Å². The molecule has 0 saturated carbocycles. The van der Waals surface area contributed by atoms with Crippen molar-refractivity contribution in [3.05, 3.63) is 0 Å². The monoisotopic (exact) mass is 404 g/mol. The predicted octanol–water partition coefficient (Wildman–Crippen LogP) is -1.09. The molecule has 0 radical (unpaired) electrons. The van der Waals surface area contributed by atoms with Gasteiger partial charge in [-0.05, 0) is 0 Å². The fourth-order valence-corrected chi connectivity index (χ4v) is 4.43. The number of carbonyl (C=O) groups excluding carboxylic acids is 4. The Hall–Kier alpha value is -2.24. The maximum atomic E-state index is 12.7. The molecule has 2 saturated heterocycles. The second-order valence-corrected chi connectivity index (χ2v) is 6.34. The van der Waals surface area contributed by atoms with Gasteiger partial charge in [0.05, 0.1) is 34.5 Å². The van der Waals surface area contributed by atoms with Crippen molar-refractivity contribution in [3.8, 4) is 0 Å². The van der Waals surface area contributed by atoms with Crippen LogP contribution in [0.25, 0.3) is 0 Å². The standard InChI is InChI=1S/C17H24O11/c1-22-12(18)7-9(14(20)24-3)17(16(26-5)27-6)10(15(21)25-4)8(11(7)28-17)13(19)23-2/h7-11,16H,1-6H3/t7-,8-,9-,10+,11?,17?/m1/s1. The van der Waals surface area contributed by atoms with E-state index in [1.807, 2.05) is 0 Å². The van der Waals surface area contributed by atoms with Gasteiger partial charge in [-0.25, -0.2) is 0 Å². The van der Waals surface area contributed by atoms with Crippen LogP contribution in [-0.4, -0.2) is 84.5 Å². The molecular formula is C17H24O11. The lowest BCUT2D eigenvalue weighted by Crippen LogP contribution is -2.63. The van der Waals surface area contributed by atoms with Crippen molar-refractivity contribution in [1.82, 2.24) is 0 Å². The third-order valence-corrected chi connectivity index (χ3v) is 5.39. The first-order valence-electron chi connectivity index (χ1n) is 8.35. The zero-order valence-electron chi connectivity index (χ0n) is 16.5. The van der Waals surface area contributed by atoms with Gasteiger partial charge in [-0.3, -0.25) is 19.2 Å². The van der Waals surface area contributed by atoms with Crippen LogP contribution in [-0.2, 0) is 52.3 Å². The first-order valence-corrected chi connectivity index (χ1v) is 8.35. The number of esters is 4. The van der Waals surface area contributed by atoms with Crippen LogP contribution in [0.3, 0.4) is 0 Å². The van der Waals surface area contributed by atoms with Crippen LogP contribution in [0.5, 0.6) is 0 Å². The van der Waals surface area contributed by atoms with Crippen molar-refractivity contribution in [3.63, 3.8) is 0 Å². The van der Waals surface area contributed by atoms with Crippen molar-refractivity contribution >= 4 is 23.9 Å². The minimum absolute atomic E-state index is 0.814. The largest absolute Gasteiger partial charge is 0.469 e. The van der Waals surface area contributed by atoms with E-state index in [1.54, 1.807) is 0 Å². The molecule has 2 fully saturated rings. The summed E-state index contributed by atoms with van der Waals surface area (Å²) in [6, 6.07) is 0. The highest BCUT2D eigenvalue weighted by molar-refractivity contribution is 5.92. The first kappa shape index (κ1) is 22.1. The minimum atomic E-state index is -1.88. The maximum Gasteiger partial charge on any atom is 0.312 e. The van der Waals surface area contributed by atoms with Crippen molar-refractivity contribution in [1.29, 1.82) is 0 Å². The van der Waals surface area contributed by atoms with E-state index in [1.165, 1.54) is 14.2 Å². The Bertz CT molecular complexity index is 597. The van der Waals surface area contributed by atoms with Crippen molar-refractivity contribution in [2.45, 2.75) is 18.0 Å². The number of fused-ring (bicyclic) bond motifs is 2. The van der Waals surface area contributed by atoms with E-state index in [9.17, 15) is 19.2 Å². The normalized spacial score (nSPS) is 33.5. The molecule has 0 N–H and O–H groups in total. The Morgan fingerprint density at radius 1 is 0.679 bits per heavy atom. The van der Waals surface area contributed by atoms with Gasteiger partial charge < -0.3 is 33.2 Å². The lowest BCUT2D eigenvalue weighted by atomic mass is 9.61. The molecule has 6 atom stereocenters. The molecular weight excluding hydrogens is 380 g/mol. The van der Waals surface area contributed by atoms with Gasteiger partial charge in [0, 0.05) is 14.2 Å². The summed E-state index contributed by atoms with van der Waals surface area (Å²) >= 11 is 0. The Labute approximate surface area is 161 Å². The molecule has 2 heterocycles.